The second kappa shape index (κ2) is 4.62. The summed E-state index contributed by atoms with van der Waals surface area (Å²) in [5.41, 5.74) is 2.04. The highest BCUT2D eigenvalue weighted by Crippen LogP contribution is 2.36. The molecule has 0 unspecified atom stereocenters. The molecule has 2 rings (SSSR count). The predicted molar refractivity (Wildman–Crippen MR) is 70.6 cm³/mol. The van der Waals surface area contributed by atoms with E-state index in [9.17, 15) is 4.79 Å². The molecule has 2 heterocycles. The second-order valence-corrected chi connectivity index (χ2v) is 5.27. The molecule has 0 amide bonds. The van der Waals surface area contributed by atoms with Crippen LogP contribution in [0, 0.1) is 6.92 Å². The van der Waals surface area contributed by atoms with Crippen LogP contribution in [0.25, 0.3) is 10.6 Å². The average molecular weight is 315 g/mol. The summed E-state index contributed by atoms with van der Waals surface area (Å²) in [6, 6.07) is 2.01. The van der Waals surface area contributed by atoms with Gasteiger partial charge in [-0.2, -0.15) is 5.10 Å². The van der Waals surface area contributed by atoms with Gasteiger partial charge in [0.2, 0.25) is 0 Å². The first-order valence-corrected chi connectivity index (χ1v) is 6.77. The Bertz CT molecular complexity index is 574. The Morgan fingerprint density at radius 2 is 2.35 bits per heavy atom. The first kappa shape index (κ1) is 12.3. The van der Waals surface area contributed by atoms with E-state index < -0.39 is 5.97 Å². The van der Waals surface area contributed by atoms with Gasteiger partial charge in [-0.15, -0.1) is 11.3 Å². The van der Waals surface area contributed by atoms with E-state index >= 15 is 0 Å². The minimum absolute atomic E-state index is 0.0645. The van der Waals surface area contributed by atoms with Crippen molar-refractivity contribution in [1.29, 1.82) is 0 Å². The van der Waals surface area contributed by atoms with Gasteiger partial charge in [0, 0.05) is 6.54 Å². The SMILES string of the molecule is CCn1nc(C(=O)O)c(Br)c1-c1sccc1C. The van der Waals surface area contributed by atoms with Crippen LogP contribution < -0.4 is 0 Å². The number of carboxylic acids is 1. The van der Waals surface area contributed by atoms with E-state index in [1.807, 2.05) is 25.3 Å². The zero-order valence-electron chi connectivity index (χ0n) is 9.40. The quantitative estimate of drug-likeness (QED) is 0.944. The summed E-state index contributed by atoms with van der Waals surface area (Å²) in [7, 11) is 0. The molecule has 2 aromatic heterocycles. The molecule has 0 aliphatic rings. The average Bonchev–Trinajstić information content (AvgIpc) is 2.82. The highest BCUT2D eigenvalue weighted by atomic mass is 79.9. The highest BCUT2D eigenvalue weighted by molar-refractivity contribution is 9.10. The van der Waals surface area contributed by atoms with Crippen molar-refractivity contribution < 1.29 is 9.90 Å². The van der Waals surface area contributed by atoms with Crippen LogP contribution in [-0.2, 0) is 6.54 Å². The van der Waals surface area contributed by atoms with E-state index in [1.165, 1.54) is 0 Å². The zero-order chi connectivity index (χ0) is 12.6. The normalized spacial score (nSPS) is 10.8. The maximum Gasteiger partial charge on any atom is 0.357 e. The molecule has 0 aliphatic heterocycles. The molecule has 4 nitrogen and oxygen atoms in total. The summed E-state index contributed by atoms with van der Waals surface area (Å²) in [4.78, 5) is 12.1. The summed E-state index contributed by atoms with van der Waals surface area (Å²) < 4.78 is 2.27. The van der Waals surface area contributed by atoms with Crippen molar-refractivity contribution in [3.63, 3.8) is 0 Å². The molecule has 0 saturated heterocycles. The molecule has 2 aromatic rings. The molecule has 0 radical (unpaired) electrons. The lowest BCUT2D eigenvalue weighted by Crippen LogP contribution is -2.02. The fourth-order valence-electron chi connectivity index (χ4n) is 1.64. The van der Waals surface area contributed by atoms with Gasteiger partial charge < -0.3 is 5.11 Å². The van der Waals surface area contributed by atoms with Gasteiger partial charge in [0.05, 0.1) is 15.0 Å². The Morgan fingerprint density at radius 1 is 1.65 bits per heavy atom. The minimum atomic E-state index is -1.01. The second-order valence-electron chi connectivity index (χ2n) is 3.56. The molecule has 1 N–H and O–H groups in total. The van der Waals surface area contributed by atoms with Crippen LogP contribution in [0.4, 0.5) is 0 Å². The van der Waals surface area contributed by atoms with Gasteiger partial charge >= 0.3 is 5.97 Å². The fraction of sp³-hybridized carbons (Fsp3) is 0.273. The number of halogens is 1. The zero-order valence-corrected chi connectivity index (χ0v) is 11.8. The molecule has 0 bridgehead atoms. The van der Waals surface area contributed by atoms with E-state index in [0.717, 1.165) is 16.1 Å². The van der Waals surface area contributed by atoms with E-state index in [-0.39, 0.29) is 5.69 Å². The van der Waals surface area contributed by atoms with Crippen molar-refractivity contribution in [2.24, 2.45) is 0 Å². The number of aryl methyl sites for hydroxylation is 2. The van der Waals surface area contributed by atoms with Crippen LogP contribution in [0.1, 0.15) is 23.0 Å². The monoisotopic (exact) mass is 314 g/mol. The largest absolute Gasteiger partial charge is 0.476 e. The third-order valence-corrected chi connectivity index (χ3v) is 4.25. The number of aromatic nitrogens is 2. The number of hydrogen-bond donors (Lipinski definition) is 1. The van der Waals surface area contributed by atoms with Crippen molar-refractivity contribution in [3.8, 4) is 10.6 Å². The maximum absolute atomic E-state index is 11.1. The predicted octanol–water partition coefficient (Wildman–Crippen LogP) is 3.40. The molecule has 17 heavy (non-hydrogen) atoms. The summed E-state index contributed by atoms with van der Waals surface area (Å²) in [6.45, 7) is 4.59. The Morgan fingerprint density at radius 3 is 2.82 bits per heavy atom. The van der Waals surface area contributed by atoms with Gasteiger partial charge in [-0.1, -0.05) is 0 Å². The molecule has 0 fully saturated rings. The van der Waals surface area contributed by atoms with Gasteiger partial charge in [-0.25, -0.2) is 4.79 Å². The lowest BCUT2D eigenvalue weighted by molar-refractivity contribution is 0.0688. The summed E-state index contributed by atoms with van der Waals surface area (Å²) in [6.07, 6.45) is 0. The van der Waals surface area contributed by atoms with Crippen molar-refractivity contribution in [2.45, 2.75) is 20.4 Å². The molecule has 0 aliphatic carbocycles. The topological polar surface area (TPSA) is 55.1 Å². The smallest absolute Gasteiger partial charge is 0.357 e. The van der Waals surface area contributed by atoms with Crippen molar-refractivity contribution in [3.05, 3.63) is 27.2 Å². The summed E-state index contributed by atoms with van der Waals surface area (Å²) in [5, 5.41) is 15.2. The van der Waals surface area contributed by atoms with E-state index in [0.29, 0.717) is 11.0 Å². The third-order valence-electron chi connectivity index (χ3n) is 2.47. The van der Waals surface area contributed by atoms with Crippen molar-refractivity contribution >= 4 is 33.2 Å². The summed E-state index contributed by atoms with van der Waals surface area (Å²) >= 11 is 4.93. The van der Waals surface area contributed by atoms with Gasteiger partial charge in [-0.05, 0) is 46.8 Å². The molecular weight excluding hydrogens is 304 g/mol. The van der Waals surface area contributed by atoms with Gasteiger partial charge in [-0.3, -0.25) is 4.68 Å². The first-order valence-electron chi connectivity index (χ1n) is 5.10. The fourth-order valence-corrected chi connectivity index (χ4v) is 3.40. The van der Waals surface area contributed by atoms with Gasteiger partial charge in [0.1, 0.15) is 0 Å². The third kappa shape index (κ3) is 2.02. The van der Waals surface area contributed by atoms with Gasteiger partial charge in [0.15, 0.2) is 5.69 Å². The van der Waals surface area contributed by atoms with Crippen LogP contribution in [-0.4, -0.2) is 20.9 Å². The lowest BCUT2D eigenvalue weighted by Gasteiger charge is -2.04. The number of nitrogens with zero attached hydrogens (tertiary/aromatic N) is 2. The van der Waals surface area contributed by atoms with Crippen molar-refractivity contribution in [1.82, 2.24) is 9.78 Å². The lowest BCUT2D eigenvalue weighted by atomic mass is 10.2. The van der Waals surface area contributed by atoms with Crippen LogP contribution in [0.3, 0.4) is 0 Å². The number of carboxylic acid groups (broad SMARTS) is 1. The number of carbonyl (C=O) groups is 1. The molecular formula is C11H11BrN2O2S. The van der Waals surface area contributed by atoms with Crippen LogP contribution in [0.2, 0.25) is 0 Å². The van der Waals surface area contributed by atoms with Gasteiger partial charge in [0.25, 0.3) is 0 Å². The molecule has 0 saturated carbocycles. The number of hydrogen-bond acceptors (Lipinski definition) is 3. The van der Waals surface area contributed by atoms with E-state index in [1.54, 1.807) is 16.0 Å². The van der Waals surface area contributed by atoms with Crippen LogP contribution in [0.15, 0.2) is 15.9 Å². The molecule has 0 aromatic carbocycles. The highest BCUT2D eigenvalue weighted by Gasteiger charge is 2.22. The number of rotatable bonds is 3. The molecule has 0 atom stereocenters. The Balaban J connectivity index is 2.68. The number of thiophene rings is 1. The summed E-state index contributed by atoms with van der Waals surface area (Å²) in [5.74, 6) is -1.01. The van der Waals surface area contributed by atoms with Crippen LogP contribution >= 0.6 is 27.3 Å². The first-order chi connectivity index (χ1) is 8.06. The molecule has 0 spiro atoms. The Labute approximate surface area is 111 Å². The van der Waals surface area contributed by atoms with Crippen LogP contribution in [0.5, 0.6) is 0 Å². The maximum atomic E-state index is 11.1. The molecule has 6 heteroatoms. The Hall–Kier alpha value is -1.14. The Kier molecular flexibility index (Phi) is 3.35. The number of aromatic carboxylic acids is 1. The minimum Gasteiger partial charge on any atom is -0.476 e. The van der Waals surface area contributed by atoms with E-state index in [2.05, 4.69) is 21.0 Å². The van der Waals surface area contributed by atoms with Crippen molar-refractivity contribution in [2.75, 3.05) is 0 Å². The van der Waals surface area contributed by atoms with E-state index in [4.69, 9.17) is 5.11 Å². The standard InChI is InChI=1S/C11H11BrN2O2S/c1-3-14-9(10-6(2)4-5-17-10)7(12)8(13-14)11(15)16/h4-5H,3H2,1-2H3,(H,15,16). The molecule has 90 valence electrons.